The molecule has 0 saturated carbocycles. The number of carbonyl (C=O) groups is 1. The Balaban J connectivity index is 2.38. The molecule has 5 N–H and O–H groups in total. The summed E-state index contributed by atoms with van der Waals surface area (Å²) in [6.45, 7) is 0. The van der Waals surface area contributed by atoms with Gasteiger partial charge in [0.2, 0.25) is 0 Å². The summed E-state index contributed by atoms with van der Waals surface area (Å²) in [5.41, 5.74) is 13.1. The van der Waals surface area contributed by atoms with Crippen LogP contribution in [0.4, 0.5) is 17.1 Å². The molecule has 0 atom stereocenters. The van der Waals surface area contributed by atoms with E-state index in [0.717, 1.165) is 5.69 Å². The third-order valence-electron chi connectivity index (χ3n) is 3.00. The molecule has 0 spiro atoms. The Kier molecular flexibility index (Phi) is 4.18. The van der Waals surface area contributed by atoms with Crippen molar-refractivity contribution in [3.8, 4) is 11.5 Å². The van der Waals surface area contributed by atoms with Crippen molar-refractivity contribution < 1.29 is 14.3 Å². The number of nitrogens with one attached hydrogen (secondary N) is 1. The highest BCUT2D eigenvalue weighted by molar-refractivity contribution is 6.01. The summed E-state index contributed by atoms with van der Waals surface area (Å²) in [6.07, 6.45) is 0. The number of benzene rings is 2. The van der Waals surface area contributed by atoms with Crippen LogP contribution in [-0.2, 0) is 0 Å². The second kappa shape index (κ2) is 6.04. The highest BCUT2D eigenvalue weighted by atomic mass is 16.5. The maximum Gasteiger partial charge on any atom is 0.250 e. The number of rotatable bonds is 5. The van der Waals surface area contributed by atoms with Gasteiger partial charge in [-0.2, -0.15) is 0 Å². The van der Waals surface area contributed by atoms with Gasteiger partial charge < -0.3 is 26.3 Å². The third kappa shape index (κ3) is 3.17. The Labute approximate surface area is 122 Å². The lowest BCUT2D eigenvalue weighted by Gasteiger charge is -2.13. The van der Waals surface area contributed by atoms with Crippen LogP contribution in [0, 0.1) is 0 Å². The van der Waals surface area contributed by atoms with Gasteiger partial charge in [0.05, 0.1) is 31.2 Å². The summed E-state index contributed by atoms with van der Waals surface area (Å²) in [4.78, 5) is 11.3. The fraction of sp³-hybridized carbons (Fsp3) is 0.133. The fourth-order valence-electron chi connectivity index (χ4n) is 1.92. The smallest absolute Gasteiger partial charge is 0.250 e. The molecule has 0 radical (unpaired) electrons. The van der Waals surface area contributed by atoms with Gasteiger partial charge >= 0.3 is 0 Å². The van der Waals surface area contributed by atoms with Crippen molar-refractivity contribution in [3.05, 3.63) is 42.0 Å². The van der Waals surface area contributed by atoms with Crippen molar-refractivity contribution in [1.29, 1.82) is 0 Å². The molecule has 0 bridgehead atoms. The molecule has 0 aliphatic rings. The standard InChI is InChI=1S/C15H17N3O3/c1-20-10-6-9(7-11(8-10)21-2)18-13-5-3-4-12(14(13)16)15(17)19/h3-8,18H,16H2,1-2H3,(H2,17,19). The van der Waals surface area contributed by atoms with E-state index in [9.17, 15) is 4.79 Å². The predicted molar refractivity (Wildman–Crippen MR) is 82.2 cm³/mol. The molecule has 6 nitrogen and oxygen atoms in total. The molecule has 2 aromatic rings. The van der Waals surface area contributed by atoms with E-state index in [1.165, 1.54) is 0 Å². The van der Waals surface area contributed by atoms with Crippen LogP contribution in [0.1, 0.15) is 10.4 Å². The summed E-state index contributed by atoms with van der Waals surface area (Å²) in [6, 6.07) is 10.4. The topological polar surface area (TPSA) is 99.6 Å². The summed E-state index contributed by atoms with van der Waals surface area (Å²) in [7, 11) is 3.14. The molecule has 0 aliphatic carbocycles. The monoisotopic (exact) mass is 287 g/mol. The zero-order valence-electron chi connectivity index (χ0n) is 11.8. The SMILES string of the molecule is COc1cc(Nc2cccc(C(N)=O)c2N)cc(OC)c1. The Morgan fingerprint density at radius 1 is 1.10 bits per heavy atom. The van der Waals surface area contributed by atoms with Crippen LogP contribution in [-0.4, -0.2) is 20.1 Å². The molecule has 2 rings (SSSR count). The average Bonchev–Trinajstić information content (AvgIpc) is 2.48. The van der Waals surface area contributed by atoms with Gasteiger partial charge in [0.1, 0.15) is 11.5 Å². The fourth-order valence-corrected chi connectivity index (χ4v) is 1.92. The lowest BCUT2D eigenvalue weighted by molar-refractivity contribution is 0.100. The molecule has 0 unspecified atom stereocenters. The maximum absolute atomic E-state index is 11.3. The summed E-state index contributed by atoms with van der Waals surface area (Å²) in [5, 5.41) is 3.12. The molecule has 2 aromatic carbocycles. The first-order valence-corrected chi connectivity index (χ1v) is 6.23. The van der Waals surface area contributed by atoms with Crippen LogP contribution >= 0.6 is 0 Å². The largest absolute Gasteiger partial charge is 0.497 e. The zero-order chi connectivity index (χ0) is 15.4. The number of primary amides is 1. The third-order valence-corrected chi connectivity index (χ3v) is 3.00. The molecule has 0 aliphatic heterocycles. The van der Waals surface area contributed by atoms with E-state index < -0.39 is 5.91 Å². The number of amides is 1. The van der Waals surface area contributed by atoms with Gasteiger partial charge in [-0.25, -0.2) is 0 Å². The summed E-state index contributed by atoms with van der Waals surface area (Å²) >= 11 is 0. The van der Waals surface area contributed by atoms with Crippen LogP contribution in [0.2, 0.25) is 0 Å². The molecule has 0 fully saturated rings. The number of anilines is 3. The number of carbonyl (C=O) groups excluding carboxylic acids is 1. The number of hydrogen-bond acceptors (Lipinski definition) is 5. The minimum atomic E-state index is -0.570. The first-order chi connectivity index (χ1) is 10.0. The number of ether oxygens (including phenoxy) is 2. The second-order valence-corrected chi connectivity index (χ2v) is 4.36. The Morgan fingerprint density at radius 2 is 1.71 bits per heavy atom. The minimum absolute atomic E-state index is 0.273. The van der Waals surface area contributed by atoms with Crippen molar-refractivity contribution in [2.75, 3.05) is 25.3 Å². The first kappa shape index (κ1) is 14.5. The number of methoxy groups -OCH3 is 2. The van der Waals surface area contributed by atoms with E-state index in [-0.39, 0.29) is 5.56 Å². The maximum atomic E-state index is 11.3. The van der Waals surface area contributed by atoms with E-state index in [1.54, 1.807) is 50.6 Å². The van der Waals surface area contributed by atoms with E-state index in [1.807, 2.05) is 0 Å². The van der Waals surface area contributed by atoms with Crippen molar-refractivity contribution in [2.24, 2.45) is 5.73 Å². The highest BCUT2D eigenvalue weighted by Crippen LogP contribution is 2.31. The Bertz CT molecular complexity index is 649. The average molecular weight is 287 g/mol. The number of nitrogen functional groups attached to an aromatic ring is 1. The van der Waals surface area contributed by atoms with Crippen molar-refractivity contribution in [2.45, 2.75) is 0 Å². The molecule has 0 aromatic heterocycles. The van der Waals surface area contributed by atoms with Gasteiger partial charge in [-0.15, -0.1) is 0 Å². The summed E-state index contributed by atoms with van der Waals surface area (Å²) < 4.78 is 10.4. The van der Waals surface area contributed by atoms with Gasteiger partial charge in [0.25, 0.3) is 5.91 Å². The lowest BCUT2D eigenvalue weighted by Crippen LogP contribution is -2.14. The number of nitrogens with two attached hydrogens (primary N) is 2. The zero-order valence-corrected chi connectivity index (χ0v) is 11.8. The van der Waals surface area contributed by atoms with Crippen molar-refractivity contribution in [1.82, 2.24) is 0 Å². The van der Waals surface area contributed by atoms with E-state index in [0.29, 0.717) is 22.9 Å². The van der Waals surface area contributed by atoms with Crippen LogP contribution in [0.15, 0.2) is 36.4 Å². The quantitative estimate of drug-likeness (QED) is 0.731. The highest BCUT2D eigenvalue weighted by Gasteiger charge is 2.10. The van der Waals surface area contributed by atoms with Crippen molar-refractivity contribution >= 4 is 23.0 Å². The van der Waals surface area contributed by atoms with Crippen LogP contribution < -0.4 is 26.3 Å². The van der Waals surface area contributed by atoms with Crippen molar-refractivity contribution in [3.63, 3.8) is 0 Å². The lowest BCUT2D eigenvalue weighted by atomic mass is 10.1. The minimum Gasteiger partial charge on any atom is -0.497 e. The molecule has 0 heterocycles. The van der Waals surface area contributed by atoms with Gasteiger partial charge in [0.15, 0.2) is 0 Å². The Hall–Kier alpha value is -2.89. The van der Waals surface area contributed by atoms with Gasteiger partial charge in [-0.3, -0.25) is 4.79 Å². The molecule has 21 heavy (non-hydrogen) atoms. The summed E-state index contributed by atoms with van der Waals surface area (Å²) in [5.74, 6) is 0.710. The van der Waals surface area contributed by atoms with E-state index in [2.05, 4.69) is 5.32 Å². The molecular weight excluding hydrogens is 270 g/mol. The van der Waals surface area contributed by atoms with E-state index >= 15 is 0 Å². The Morgan fingerprint density at radius 3 is 2.24 bits per heavy atom. The molecular formula is C15H17N3O3. The van der Waals surface area contributed by atoms with Crippen LogP contribution in [0.5, 0.6) is 11.5 Å². The number of para-hydroxylation sites is 1. The van der Waals surface area contributed by atoms with Gasteiger partial charge in [-0.1, -0.05) is 6.07 Å². The molecule has 0 saturated heterocycles. The number of hydrogen-bond donors (Lipinski definition) is 3. The van der Waals surface area contributed by atoms with Crippen LogP contribution in [0.25, 0.3) is 0 Å². The predicted octanol–water partition coefficient (Wildman–Crippen LogP) is 2.13. The molecule has 110 valence electrons. The van der Waals surface area contributed by atoms with Gasteiger partial charge in [0, 0.05) is 23.9 Å². The van der Waals surface area contributed by atoms with E-state index in [4.69, 9.17) is 20.9 Å². The van der Waals surface area contributed by atoms with Gasteiger partial charge in [-0.05, 0) is 12.1 Å². The first-order valence-electron chi connectivity index (χ1n) is 6.23. The normalized spacial score (nSPS) is 10.0. The van der Waals surface area contributed by atoms with Crippen LogP contribution in [0.3, 0.4) is 0 Å². The molecule has 1 amide bonds. The second-order valence-electron chi connectivity index (χ2n) is 4.36. The molecule has 6 heteroatoms.